The van der Waals surface area contributed by atoms with Crippen LogP contribution < -0.4 is 56.7 Å². The molecule has 2 rings (SSSR count). The Hall–Kier alpha value is -0.774. The van der Waals surface area contributed by atoms with Gasteiger partial charge in [-0.1, -0.05) is 0 Å². The van der Waals surface area contributed by atoms with E-state index < -0.39 is 5.97 Å². The van der Waals surface area contributed by atoms with Gasteiger partial charge >= 0.3 is 57.4 Å². The van der Waals surface area contributed by atoms with Crippen LogP contribution in [0, 0.1) is 5.82 Å². The average molecular weight is 346 g/mol. The van der Waals surface area contributed by atoms with Gasteiger partial charge in [-0.15, -0.1) is 0 Å². The minimum Gasteiger partial charge on any atom is -1.00 e. The predicted molar refractivity (Wildman–Crippen MR) is 78.1 cm³/mol. The van der Waals surface area contributed by atoms with Gasteiger partial charge in [-0.05, 0) is 48.2 Å². The van der Waals surface area contributed by atoms with Crippen LogP contribution in [0.3, 0.4) is 0 Å². The van der Waals surface area contributed by atoms with Crippen molar-refractivity contribution in [3.63, 3.8) is 0 Å². The molecule has 0 saturated carbocycles. The number of hydrogen-bond acceptors (Lipinski definition) is 5. The molecular weight excluding hydrogens is 334 g/mol. The SMILES string of the molecule is O=C(CNc1ccc(F)cc1)Sc1ncccc1C(=O)O.[H-].[K+]. The summed E-state index contributed by atoms with van der Waals surface area (Å²) in [5, 5.41) is 11.7. The molecule has 0 atom stereocenters. The van der Waals surface area contributed by atoms with Crippen molar-refractivity contribution in [3.8, 4) is 0 Å². The first-order chi connectivity index (χ1) is 10.1. The maximum absolute atomic E-state index is 12.7. The van der Waals surface area contributed by atoms with Crippen molar-refractivity contribution in [1.82, 2.24) is 4.98 Å². The number of carboxylic acid groups (broad SMARTS) is 1. The number of pyridine rings is 1. The molecule has 0 bridgehead atoms. The van der Waals surface area contributed by atoms with Crippen LogP contribution in [0.4, 0.5) is 10.1 Å². The summed E-state index contributed by atoms with van der Waals surface area (Å²) in [6.45, 7) is -0.0219. The van der Waals surface area contributed by atoms with Crippen molar-refractivity contribution in [2.45, 2.75) is 5.03 Å². The molecule has 0 fully saturated rings. The first-order valence-electron chi connectivity index (χ1n) is 5.94. The summed E-state index contributed by atoms with van der Waals surface area (Å²) < 4.78 is 12.7. The van der Waals surface area contributed by atoms with Gasteiger partial charge in [-0.25, -0.2) is 14.2 Å². The van der Waals surface area contributed by atoms with E-state index in [1.165, 1.54) is 42.6 Å². The van der Waals surface area contributed by atoms with E-state index in [2.05, 4.69) is 10.3 Å². The summed E-state index contributed by atoms with van der Waals surface area (Å²) >= 11 is 0.754. The summed E-state index contributed by atoms with van der Waals surface area (Å²) in [5.74, 6) is -1.49. The number of hydrogen-bond donors (Lipinski definition) is 2. The van der Waals surface area contributed by atoms with Crippen LogP contribution in [0.1, 0.15) is 11.8 Å². The minimum absolute atomic E-state index is 0. The van der Waals surface area contributed by atoms with E-state index in [-0.39, 0.29) is 80.9 Å². The monoisotopic (exact) mass is 346 g/mol. The normalized spacial score (nSPS) is 9.68. The fraction of sp³-hybridized carbons (Fsp3) is 0.0714. The van der Waals surface area contributed by atoms with Gasteiger partial charge in [0, 0.05) is 11.9 Å². The zero-order valence-corrected chi connectivity index (χ0v) is 15.7. The second-order valence-electron chi connectivity index (χ2n) is 4.00. The van der Waals surface area contributed by atoms with Crippen LogP contribution >= 0.6 is 11.8 Å². The van der Waals surface area contributed by atoms with Gasteiger partial charge in [-0.3, -0.25) is 4.79 Å². The molecule has 1 aromatic heterocycles. The van der Waals surface area contributed by atoms with Gasteiger partial charge in [0.05, 0.1) is 12.1 Å². The maximum atomic E-state index is 12.7. The molecule has 0 aliphatic heterocycles. The van der Waals surface area contributed by atoms with Crippen LogP contribution in [-0.2, 0) is 4.79 Å². The molecule has 0 amide bonds. The van der Waals surface area contributed by atoms with Crippen LogP contribution in [0.25, 0.3) is 0 Å². The first kappa shape index (κ1) is 19.3. The number of rotatable bonds is 5. The van der Waals surface area contributed by atoms with Crippen molar-refractivity contribution in [3.05, 3.63) is 54.0 Å². The van der Waals surface area contributed by atoms with Crippen LogP contribution in [0.5, 0.6) is 0 Å². The molecule has 0 radical (unpaired) electrons. The maximum Gasteiger partial charge on any atom is 1.00 e. The topological polar surface area (TPSA) is 79.3 Å². The molecule has 2 aromatic rings. The summed E-state index contributed by atoms with van der Waals surface area (Å²) in [4.78, 5) is 26.7. The molecule has 0 aliphatic rings. The minimum atomic E-state index is -1.13. The summed E-state index contributed by atoms with van der Waals surface area (Å²) in [5.41, 5.74) is 0.586. The number of carboxylic acids is 1. The number of carbonyl (C=O) groups is 2. The second kappa shape index (κ2) is 9.38. The van der Waals surface area contributed by atoms with Crippen LogP contribution in [0.15, 0.2) is 47.6 Å². The quantitative estimate of drug-likeness (QED) is 0.575. The molecule has 1 aromatic carbocycles. The van der Waals surface area contributed by atoms with E-state index in [0.717, 1.165) is 11.8 Å². The van der Waals surface area contributed by atoms with E-state index in [1.54, 1.807) is 0 Å². The Morgan fingerprint density at radius 1 is 1.27 bits per heavy atom. The molecule has 0 spiro atoms. The number of nitrogens with zero attached hydrogens (tertiary/aromatic N) is 1. The number of aromatic carboxylic acids is 1. The Morgan fingerprint density at radius 3 is 2.59 bits per heavy atom. The van der Waals surface area contributed by atoms with Crippen molar-refractivity contribution in [2.24, 2.45) is 0 Å². The van der Waals surface area contributed by atoms with Gasteiger partial charge in [0.25, 0.3) is 0 Å². The second-order valence-corrected chi connectivity index (χ2v) is 5.04. The zero-order valence-electron chi connectivity index (χ0n) is 12.7. The molecule has 0 unspecified atom stereocenters. The van der Waals surface area contributed by atoms with Crippen molar-refractivity contribution >= 4 is 28.5 Å². The number of benzene rings is 1. The van der Waals surface area contributed by atoms with Crippen LogP contribution in [0.2, 0.25) is 0 Å². The largest absolute Gasteiger partial charge is 1.00 e. The number of nitrogens with one attached hydrogen (secondary N) is 1. The predicted octanol–water partition coefficient (Wildman–Crippen LogP) is -0.234. The Balaban J connectivity index is 0.00000242. The number of halogens is 1. The molecular formula is C14H12FKN2O3S. The summed E-state index contributed by atoms with van der Waals surface area (Å²) in [6, 6.07) is 8.46. The van der Waals surface area contributed by atoms with E-state index in [1.807, 2.05) is 0 Å². The van der Waals surface area contributed by atoms with Gasteiger partial charge in [-0.2, -0.15) is 0 Å². The van der Waals surface area contributed by atoms with E-state index in [9.17, 15) is 14.0 Å². The number of anilines is 1. The van der Waals surface area contributed by atoms with Crippen molar-refractivity contribution < 1.29 is 71.9 Å². The molecule has 8 heteroatoms. The molecule has 0 aliphatic carbocycles. The van der Waals surface area contributed by atoms with E-state index in [4.69, 9.17) is 5.11 Å². The third kappa shape index (κ3) is 5.79. The number of thioether (sulfide) groups is 1. The Morgan fingerprint density at radius 2 is 1.95 bits per heavy atom. The third-order valence-electron chi connectivity index (χ3n) is 2.49. The number of carbonyl (C=O) groups excluding carboxylic acids is 1. The summed E-state index contributed by atoms with van der Waals surface area (Å²) in [7, 11) is 0. The van der Waals surface area contributed by atoms with Gasteiger partial charge in [0.1, 0.15) is 10.8 Å². The van der Waals surface area contributed by atoms with Crippen molar-refractivity contribution in [1.29, 1.82) is 0 Å². The Labute approximate surface area is 174 Å². The van der Waals surface area contributed by atoms with Gasteiger partial charge in [0.2, 0.25) is 5.12 Å². The zero-order chi connectivity index (χ0) is 15.2. The molecule has 110 valence electrons. The smallest absolute Gasteiger partial charge is 1.00 e. The molecule has 5 nitrogen and oxygen atoms in total. The van der Waals surface area contributed by atoms with Crippen molar-refractivity contribution in [2.75, 3.05) is 11.9 Å². The Kier molecular flexibility index (Phi) is 8.22. The van der Waals surface area contributed by atoms with E-state index in [0.29, 0.717) is 5.69 Å². The van der Waals surface area contributed by atoms with Gasteiger partial charge in [0.15, 0.2) is 0 Å². The van der Waals surface area contributed by atoms with Gasteiger partial charge < -0.3 is 11.8 Å². The molecule has 2 N–H and O–H groups in total. The fourth-order valence-corrected chi connectivity index (χ4v) is 2.26. The standard InChI is InChI=1S/C14H11FN2O3S.K.H/c15-9-3-5-10(6-4-9)17-8-12(18)21-13-11(14(19)20)2-1-7-16-13;;/h1-7,17H,8H2,(H,19,20);;/q;+1;-1. The molecule has 0 saturated heterocycles. The van der Waals surface area contributed by atoms with Crippen LogP contribution in [-0.4, -0.2) is 27.7 Å². The summed E-state index contributed by atoms with van der Waals surface area (Å²) in [6.07, 6.45) is 1.43. The Bertz CT molecular complexity index is 673. The molecule has 1 heterocycles. The first-order valence-corrected chi connectivity index (χ1v) is 6.76. The third-order valence-corrected chi connectivity index (χ3v) is 3.38. The fourth-order valence-electron chi connectivity index (χ4n) is 1.52. The number of aromatic nitrogens is 1. The average Bonchev–Trinajstić information content (AvgIpc) is 2.47. The van der Waals surface area contributed by atoms with E-state index >= 15 is 0 Å². The molecule has 22 heavy (non-hydrogen) atoms.